The van der Waals surface area contributed by atoms with Crippen molar-refractivity contribution in [2.75, 3.05) is 18.6 Å². The van der Waals surface area contributed by atoms with Crippen LogP contribution in [0.5, 0.6) is 0 Å². The Balaban J connectivity index is 2.24. The third-order valence-electron chi connectivity index (χ3n) is 3.30. The van der Waals surface area contributed by atoms with Crippen molar-refractivity contribution in [1.29, 1.82) is 0 Å². The monoisotopic (exact) mass is 247 g/mol. The number of anilines is 1. The van der Waals surface area contributed by atoms with Crippen LogP contribution in [0.4, 0.5) is 5.69 Å². The van der Waals surface area contributed by atoms with E-state index in [1.54, 1.807) is 4.90 Å². The second-order valence-electron chi connectivity index (χ2n) is 4.72. The Labute approximate surface area is 107 Å². The smallest absolute Gasteiger partial charge is 0.311 e. The molecular weight excluding hydrogens is 230 g/mol. The fourth-order valence-corrected chi connectivity index (χ4v) is 2.37. The van der Waals surface area contributed by atoms with Crippen molar-refractivity contribution in [3.8, 4) is 0 Å². The van der Waals surface area contributed by atoms with Crippen molar-refractivity contribution in [1.82, 2.24) is 0 Å². The first kappa shape index (κ1) is 12.6. The topological polar surface area (TPSA) is 46.6 Å². The molecule has 0 aliphatic carbocycles. The van der Waals surface area contributed by atoms with Gasteiger partial charge in [0.05, 0.1) is 13.0 Å². The Morgan fingerprint density at radius 2 is 2.11 bits per heavy atom. The van der Waals surface area contributed by atoms with Crippen molar-refractivity contribution in [2.24, 2.45) is 5.92 Å². The summed E-state index contributed by atoms with van der Waals surface area (Å²) in [5.74, 6) is -0.670. The minimum Gasteiger partial charge on any atom is -0.469 e. The van der Waals surface area contributed by atoms with Gasteiger partial charge in [-0.05, 0) is 25.5 Å². The van der Waals surface area contributed by atoms with Gasteiger partial charge in [0.25, 0.3) is 0 Å². The summed E-state index contributed by atoms with van der Waals surface area (Å²) in [4.78, 5) is 25.1. The molecule has 1 aromatic carbocycles. The third kappa shape index (κ3) is 2.23. The maximum Gasteiger partial charge on any atom is 0.311 e. The maximum absolute atomic E-state index is 12.0. The van der Waals surface area contributed by atoms with Crippen LogP contribution in [0.2, 0.25) is 0 Å². The zero-order chi connectivity index (χ0) is 13.3. The van der Waals surface area contributed by atoms with Crippen LogP contribution in [0.25, 0.3) is 0 Å². The van der Waals surface area contributed by atoms with Crippen LogP contribution in [0, 0.1) is 19.8 Å². The Hall–Kier alpha value is -1.84. The molecule has 0 radical (unpaired) electrons. The Bertz CT molecular complexity index is 496. The van der Waals surface area contributed by atoms with Crippen molar-refractivity contribution in [3.05, 3.63) is 29.3 Å². The second kappa shape index (κ2) is 4.80. The molecule has 4 heteroatoms. The van der Waals surface area contributed by atoms with Crippen molar-refractivity contribution in [3.63, 3.8) is 0 Å². The van der Waals surface area contributed by atoms with Crippen LogP contribution in [-0.4, -0.2) is 25.5 Å². The highest BCUT2D eigenvalue weighted by molar-refractivity contribution is 6.00. The summed E-state index contributed by atoms with van der Waals surface area (Å²) in [5.41, 5.74) is 3.10. The van der Waals surface area contributed by atoms with Crippen molar-refractivity contribution >= 4 is 17.6 Å². The summed E-state index contributed by atoms with van der Waals surface area (Å²) in [7, 11) is 1.35. The lowest BCUT2D eigenvalue weighted by Gasteiger charge is -2.19. The van der Waals surface area contributed by atoms with E-state index in [1.165, 1.54) is 7.11 Å². The minimum absolute atomic E-state index is 0.0163. The van der Waals surface area contributed by atoms with E-state index in [-0.39, 0.29) is 24.2 Å². The van der Waals surface area contributed by atoms with Gasteiger partial charge in [-0.1, -0.05) is 17.7 Å². The highest BCUT2D eigenvalue weighted by atomic mass is 16.5. The number of ether oxygens (including phenoxy) is 1. The molecule has 1 saturated heterocycles. The summed E-state index contributed by atoms with van der Waals surface area (Å²) < 4.78 is 4.70. The van der Waals surface area contributed by atoms with Crippen LogP contribution >= 0.6 is 0 Å². The maximum atomic E-state index is 12.0. The molecule has 1 aliphatic rings. The molecule has 1 fully saturated rings. The van der Waals surface area contributed by atoms with Crippen molar-refractivity contribution < 1.29 is 14.3 Å². The fraction of sp³-hybridized carbons (Fsp3) is 0.429. The number of hydrogen-bond donors (Lipinski definition) is 0. The number of benzene rings is 1. The molecule has 4 nitrogen and oxygen atoms in total. The first-order chi connectivity index (χ1) is 8.52. The van der Waals surface area contributed by atoms with Gasteiger partial charge < -0.3 is 9.64 Å². The highest BCUT2D eigenvalue weighted by Gasteiger charge is 2.36. The van der Waals surface area contributed by atoms with Gasteiger partial charge in [-0.2, -0.15) is 0 Å². The normalized spacial score (nSPS) is 19.2. The zero-order valence-electron chi connectivity index (χ0n) is 10.9. The van der Waals surface area contributed by atoms with Crippen LogP contribution in [0.3, 0.4) is 0 Å². The molecule has 0 unspecified atom stereocenters. The van der Waals surface area contributed by atoms with Gasteiger partial charge in [0.1, 0.15) is 0 Å². The van der Waals surface area contributed by atoms with Crippen LogP contribution in [0.1, 0.15) is 17.5 Å². The van der Waals surface area contributed by atoms with Crippen LogP contribution in [-0.2, 0) is 14.3 Å². The average Bonchev–Trinajstić information content (AvgIpc) is 2.70. The quantitative estimate of drug-likeness (QED) is 0.749. The molecule has 1 aliphatic heterocycles. The number of aryl methyl sites for hydroxylation is 2. The first-order valence-corrected chi connectivity index (χ1v) is 5.98. The number of methoxy groups -OCH3 is 1. The van der Waals surface area contributed by atoms with Gasteiger partial charge in [0.2, 0.25) is 5.91 Å². The molecule has 0 bridgehead atoms. The SMILES string of the molecule is COC(=O)[C@@H]1CC(=O)N(c2ccc(C)cc2C)C1. The Morgan fingerprint density at radius 3 is 2.72 bits per heavy atom. The molecule has 0 spiro atoms. The van der Waals surface area contributed by atoms with Gasteiger partial charge in [-0.25, -0.2) is 0 Å². The molecule has 1 aromatic rings. The number of amides is 1. The Morgan fingerprint density at radius 1 is 1.39 bits per heavy atom. The van der Waals surface area contributed by atoms with Gasteiger partial charge in [-0.15, -0.1) is 0 Å². The van der Waals surface area contributed by atoms with E-state index >= 15 is 0 Å². The van der Waals surface area contributed by atoms with Gasteiger partial charge >= 0.3 is 5.97 Å². The predicted molar refractivity (Wildman–Crippen MR) is 68.4 cm³/mol. The van der Waals surface area contributed by atoms with E-state index < -0.39 is 0 Å². The van der Waals surface area contributed by atoms with E-state index in [1.807, 2.05) is 32.0 Å². The van der Waals surface area contributed by atoms with E-state index in [9.17, 15) is 9.59 Å². The average molecular weight is 247 g/mol. The Kier molecular flexibility index (Phi) is 3.36. The summed E-state index contributed by atoms with van der Waals surface area (Å²) in [6.45, 7) is 4.40. The third-order valence-corrected chi connectivity index (χ3v) is 3.30. The van der Waals surface area contributed by atoms with Gasteiger partial charge in [0, 0.05) is 18.7 Å². The second-order valence-corrected chi connectivity index (χ2v) is 4.72. The largest absolute Gasteiger partial charge is 0.469 e. The molecule has 1 atom stereocenters. The van der Waals surface area contributed by atoms with Gasteiger partial charge in [-0.3, -0.25) is 9.59 Å². The van der Waals surface area contributed by atoms with E-state index in [0.717, 1.165) is 16.8 Å². The molecular formula is C14H17NO3. The molecule has 96 valence electrons. The first-order valence-electron chi connectivity index (χ1n) is 5.98. The van der Waals surface area contributed by atoms with E-state index in [2.05, 4.69) is 0 Å². The summed E-state index contributed by atoms with van der Waals surface area (Å²) in [5, 5.41) is 0. The zero-order valence-corrected chi connectivity index (χ0v) is 10.9. The standard InChI is InChI=1S/C14H17NO3/c1-9-4-5-12(10(2)6-9)15-8-11(7-13(15)16)14(17)18-3/h4-6,11H,7-8H2,1-3H3/t11-/m1/s1. The highest BCUT2D eigenvalue weighted by Crippen LogP contribution is 2.28. The van der Waals surface area contributed by atoms with Crippen molar-refractivity contribution in [2.45, 2.75) is 20.3 Å². The molecule has 1 heterocycles. The lowest BCUT2D eigenvalue weighted by Crippen LogP contribution is -2.26. The van der Waals surface area contributed by atoms with Crippen LogP contribution < -0.4 is 4.90 Å². The van der Waals surface area contributed by atoms with Crippen LogP contribution in [0.15, 0.2) is 18.2 Å². The lowest BCUT2D eigenvalue weighted by molar-refractivity contribution is -0.145. The van der Waals surface area contributed by atoms with E-state index in [0.29, 0.717) is 6.54 Å². The number of nitrogens with zero attached hydrogens (tertiary/aromatic N) is 1. The molecule has 0 saturated carbocycles. The predicted octanol–water partition coefficient (Wildman–Crippen LogP) is 1.83. The molecule has 0 aromatic heterocycles. The van der Waals surface area contributed by atoms with E-state index in [4.69, 9.17) is 4.74 Å². The number of hydrogen-bond acceptors (Lipinski definition) is 3. The number of carbonyl (C=O) groups is 2. The fourth-order valence-electron chi connectivity index (χ4n) is 2.37. The number of esters is 1. The molecule has 2 rings (SSSR count). The number of rotatable bonds is 2. The summed E-state index contributed by atoms with van der Waals surface area (Å²) >= 11 is 0. The van der Waals surface area contributed by atoms with Gasteiger partial charge in [0.15, 0.2) is 0 Å². The molecule has 1 amide bonds. The molecule has 0 N–H and O–H groups in total. The lowest BCUT2D eigenvalue weighted by atomic mass is 10.1. The summed E-state index contributed by atoms with van der Waals surface area (Å²) in [6, 6.07) is 5.94. The number of carbonyl (C=O) groups excluding carboxylic acids is 2. The molecule has 18 heavy (non-hydrogen) atoms. The minimum atomic E-state index is -0.344. The summed E-state index contributed by atoms with van der Waals surface area (Å²) in [6.07, 6.45) is 0.236.